The summed E-state index contributed by atoms with van der Waals surface area (Å²) in [5, 5.41) is 14.2. The number of Topliss-reactive ketones (excluding diaryl/α,β-unsaturated/α-hetero) is 1. The maximum absolute atomic E-state index is 12.8. The Kier molecular flexibility index (Phi) is 9.54. The van der Waals surface area contributed by atoms with E-state index in [1.54, 1.807) is 31.2 Å². The number of nitrogens with zero attached hydrogens (tertiary/aromatic N) is 3. The first-order chi connectivity index (χ1) is 16.1. The van der Waals surface area contributed by atoms with Crippen LogP contribution in [0, 0.1) is 17.2 Å². The Bertz CT molecular complexity index is 964. The van der Waals surface area contributed by atoms with Gasteiger partial charge in [-0.25, -0.2) is 4.79 Å². The van der Waals surface area contributed by atoms with Crippen molar-refractivity contribution < 1.29 is 23.5 Å². The van der Waals surface area contributed by atoms with Gasteiger partial charge in [0.15, 0.2) is 19.8 Å². The predicted molar refractivity (Wildman–Crippen MR) is 130 cm³/mol. The van der Waals surface area contributed by atoms with Crippen molar-refractivity contribution in [3.63, 3.8) is 0 Å². The predicted octanol–water partition coefficient (Wildman–Crippen LogP) is 4.42. The molecule has 1 fully saturated rings. The first-order valence-corrected chi connectivity index (χ1v) is 14.1. The maximum atomic E-state index is 12.8. The van der Waals surface area contributed by atoms with Crippen molar-refractivity contribution in [2.45, 2.75) is 71.5 Å². The topological polar surface area (TPSA) is 154 Å². The number of nitrogens with one attached hydrogen (secondary N) is 2. The minimum Gasteiger partial charge on any atom is -0.456 e. The SMILES string of the molecule is CC[Si](CC)(CC)O[C@H](C)[C@H]1C(=O)NC1[C@@H](C)C(=O)C(=N)C(=O)OCc1ccc(N=[N+]=[N-])cc1. The fourth-order valence-electron chi connectivity index (χ4n) is 4.25. The van der Waals surface area contributed by atoms with E-state index in [9.17, 15) is 14.4 Å². The van der Waals surface area contributed by atoms with Crippen LogP contribution in [-0.4, -0.2) is 43.8 Å². The van der Waals surface area contributed by atoms with E-state index < -0.39 is 43.7 Å². The molecule has 0 saturated carbocycles. The van der Waals surface area contributed by atoms with Gasteiger partial charge in [0.05, 0.1) is 18.1 Å². The number of carbonyl (C=O) groups excluding carboxylic acids is 3. The lowest BCUT2D eigenvalue weighted by atomic mass is 9.76. The van der Waals surface area contributed by atoms with Crippen LogP contribution >= 0.6 is 0 Å². The fourth-order valence-corrected chi connectivity index (χ4v) is 7.18. The summed E-state index contributed by atoms with van der Waals surface area (Å²) in [5.41, 5.74) is 8.71. The molecule has 11 heteroatoms. The zero-order valence-electron chi connectivity index (χ0n) is 20.3. The molecule has 2 N–H and O–H groups in total. The van der Waals surface area contributed by atoms with E-state index in [1.165, 1.54) is 0 Å². The fraction of sp³-hybridized carbons (Fsp3) is 0.565. The van der Waals surface area contributed by atoms with E-state index in [0.29, 0.717) is 11.3 Å². The molecule has 1 aromatic rings. The Balaban J connectivity index is 1.98. The van der Waals surface area contributed by atoms with Gasteiger partial charge in [-0.2, -0.15) is 0 Å². The van der Waals surface area contributed by atoms with Gasteiger partial charge in [0.1, 0.15) is 6.61 Å². The van der Waals surface area contributed by atoms with Gasteiger partial charge in [-0.05, 0) is 36.2 Å². The second kappa shape index (κ2) is 11.9. The molecule has 0 aliphatic carbocycles. The van der Waals surface area contributed by atoms with Crippen LogP contribution in [-0.2, 0) is 30.2 Å². The van der Waals surface area contributed by atoms with E-state index in [1.807, 2.05) is 6.92 Å². The molecule has 1 unspecified atom stereocenters. The molecular weight excluding hydrogens is 454 g/mol. The Labute approximate surface area is 200 Å². The van der Waals surface area contributed by atoms with E-state index >= 15 is 0 Å². The Morgan fingerprint density at radius 2 is 1.76 bits per heavy atom. The normalized spacial score (nSPS) is 19.1. The summed E-state index contributed by atoms with van der Waals surface area (Å²) < 4.78 is 11.5. The highest BCUT2D eigenvalue weighted by Crippen LogP contribution is 2.32. The number of carbonyl (C=O) groups is 3. The monoisotopic (exact) mass is 487 g/mol. The lowest BCUT2D eigenvalue weighted by Crippen LogP contribution is -2.67. The van der Waals surface area contributed by atoms with Crippen LogP contribution in [0.2, 0.25) is 18.1 Å². The van der Waals surface area contributed by atoms with Gasteiger partial charge in [-0.1, -0.05) is 57.1 Å². The van der Waals surface area contributed by atoms with Crippen LogP contribution in [0.5, 0.6) is 0 Å². The van der Waals surface area contributed by atoms with Gasteiger partial charge in [0, 0.05) is 16.5 Å². The molecule has 1 amide bonds. The van der Waals surface area contributed by atoms with Crippen molar-refractivity contribution in [1.82, 2.24) is 5.32 Å². The number of ketones is 1. The Morgan fingerprint density at radius 1 is 1.18 bits per heavy atom. The summed E-state index contributed by atoms with van der Waals surface area (Å²) in [7, 11) is -1.94. The Morgan fingerprint density at radius 3 is 2.26 bits per heavy atom. The quantitative estimate of drug-likeness (QED) is 0.0616. The molecule has 2 rings (SSSR count). The third-order valence-corrected chi connectivity index (χ3v) is 11.5. The summed E-state index contributed by atoms with van der Waals surface area (Å²) >= 11 is 0. The van der Waals surface area contributed by atoms with E-state index in [-0.39, 0.29) is 18.6 Å². The molecule has 10 nitrogen and oxygen atoms in total. The third kappa shape index (κ3) is 6.10. The van der Waals surface area contributed by atoms with Gasteiger partial charge in [-0.15, -0.1) is 0 Å². The first-order valence-electron chi connectivity index (χ1n) is 11.5. The summed E-state index contributed by atoms with van der Waals surface area (Å²) in [6.07, 6.45) is -0.352. The number of azide groups is 1. The summed E-state index contributed by atoms with van der Waals surface area (Å²) in [6.45, 7) is 9.66. The van der Waals surface area contributed by atoms with Gasteiger partial charge in [-0.3, -0.25) is 15.0 Å². The van der Waals surface area contributed by atoms with E-state index in [0.717, 1.165) is 18.1 Å². The standard InChI is InChI=1S/C23H33N5O5Si/c1-6-34(7-2,8-3)33-15(5)18-20(26-22(18)30)14(4)21(29)19(24)23(31)32-13-16-9-11-17(12-10-16)27-28-25/h9-12,14-15,18,20,24H,6-8,13H2,1-5H3,(H,26,30)/t14-,15-,18-,20?/m1/s1. The molecule has 34 heavy (non-hydrogen) atoms. The molecule has 0 aromatic heterocycles. The van der Waals surface area contributed by atoms with Crippen molar-refractivity contribution in [3.8, 4) is 0 Å². The van der Waals surface area contributed by atoms with Crippen LogP contribution in [0.25, 0.3) is 10.4 Å². The van der Waals surface area contributed by atoms with Gasteiger partial charge in [0.2, 0.25) is 5.91 Å². The Hall–Kier alpha value is -3.01. The molecule has 184 valence electrons. The van der Waals surface area contributed by atoms with Crippen LogP contribution in [0.3, 0.4) is 0 Å². The summed E-state index contributed by atoms with van der Waals surface area (Å²) in [5.74, 6) is -3.17. The minimum atomic E-state index is -1.94. The number of hydrogen-bond acceptors (Lipinski definition) is 7. The van der Waals surface area contributed by atoms with Gasteiger partial charge >= 0.3 is 5.97 Å². The number of rotatable bonds is 13. The van der Waals surface area contributed by atoms with Crippen molar-refractivity contribution in [2.24, 2.45) is 17.0 Å². The number of ether oxygens (including phenoxy) is 1. The van der Waals surface area contributed by atoms with Crippen LogP contribution in [0.4, 0.5) is 5.69 Å². The molecule has 0 radical (unpaired) electrons. The van der Waals surface area contributed by atoms with Gasteiger partial charge < -0.3 is 14.5 Å². The molecule has 4 atom stereocenters. The zero-order chi connectivity index (χ0) is 25.5. The molecule has 0 spiro atoms. The number of esters is 1. The van der Waals surface area contributed by atoms with E-state index in [4.69, 9.17) is 20.1 Å². The molecule has 0 bridgehead atoms. The highest BCUT2D eigenvalue weighted by Gasteiger charge is 2.50. The molecular formula is C23H33N5O5Si. The van der Waals surface area contributed by atoms with Gasteiger partial charge in [0.25, 0.3) is 0 Å². The number of amides is 1. The molecule has 1 saturated heterocycles. The van der Waals surface area contributed by atoms with Crippen molar-refractivity contribution in [1.29, 1.82) is 5.41 Å². The third-order valence-electron chi connectivity index (χ3n) is 6.74. The molecule has 1 aliphatic heterocycles. The minimum absolute atomic E-state index is 0.134. The second-order valence-corrected chi connectivity index (χ2v) is 13.3. The number of β-lactam (4-membered cyclic amide) rings is 1. The van der Waals surface area contributed by atoms with Crippen LogP contribution in [0.1, 0.15) is 40.2 Å². The summed E-state index contributed by atoms with van der Waals surface area (Å²) in [6, 6.07) is 8.71. The smallest absolute Gasteiger partial charge is 0.360 e. The van der Waals surface area contributed by atoms with Crippen LogP contribution in [0.15, 0.2) is 29.4 Å². The maximum Gasteiger partial charge on any atom is 0.360 e. The molecule has 1 heterocycles. The number of benzene rings is 1. The lowest BCUT2D eigenvalue weighted by Gasteiger charge is -2.45. The zero-order valence-corrected chi connectivity index (χ0v) is 21.3. The average Bonchev–Trinajstić information content (AvgIpc) is 2.83. The molecule has 1 aromatic carbocycles. The van der Waals surface area contributed by atoms with Crippen molar-refractivity contribution in [2.75, 3.05) is 0 Å². The van der Waals surface area contributed by atoms with Crippen molar-refractivity contribution >= 4 is 37.4 Å². The number of hydrogen-bond donors (Lipinski definition) is 2. The summed E-state index contributed by atoms with van der Waals surface area (Å²) in [4.78, 5) is 40.1. The largest absolute Gasteiger partial charge is 0.456 e. The van der Waals surface area contributed by atoms with Crippen LogP contribution < -0.4 is 5.32 Å². The van der Waals surface area contributed by atoms with E-state index in [2.05, 4.69) is 36.1 Å². The molecule has 1 aliphatic rings. The lowest BCUT2D eigenvalue weighted by molar-refractivity contribution is -0.143. The first kappa shape index (κ1) is 27.2. The van der Waals surface area contributed by atoms with Crippen molar-refractivity contribution in [3.05, 3.63) is 40.3 Å². The highest BCUT2D eigenvalue weighted by atomic mass is 28.4. The highest BCUT2D eigenvalue weighted by molar-refractivity contribution is 6.73. The average molecular weight is 488 g/mol. The second-order valence-electron chi connectivity index (χ2n) is 8.59.